The molecule has 0 aliphatic carbocycles. The number of hydrogen-bond acceptors (Lipinski definition) is 4. The van der Waals surface area contributed by atoms with Crippen molar-refractivity contribution in [2.24, 2.45) is 0 Å². The van der Waals surface area contributed by atoms with Crippen LogP contribution in [0.25, 0.3) is 0 Å². The van der Waals surface area contributed by atoms with Crippen LogP contribution in [0.2, 0.25) is 5.02 Å². The van der Waals surface area contributed by atoms with Gasteiger partial charge in [-0.25, -0.2) is 14.8 Å². The first kappa shape index (κ1) is 12.3. The van der Waals surface area contributed by atoms with E-state index in [0.717, 1.165) is 11.9 Å². The zero-order valence-electron chi connectivity index (χ0n) is 9.42. The van der Waals surface area contributed by atoms with Crippen molar-refractivity contribution >= 4 is 17.6 Å². The number of aromatic carboxylic acids is 1. The molecule has 18 heavy (non-hydrogen) atoms. The summed E-state index contributed by atoms with van der Waals surface area (Å²) in [5, 5.41) is 9.43. The summed E-state index contributed by atoms with van der Waals surface area (Å²) in [5.74, 6) is -0.425. The van der Waals surface area contributed by atoms with E-state index in [2.05, 4.69) is 9.97 Å². The maximum absolute atomic E-state index is 10.7. The van der Waals surface area contributed by atoms with Crippen LogP contribution in [0.15, 0.2) is 30.6 Å². The van der Waals surface area contributed by atoms with Gasteiger partial charge in [0.15, 0.2) is 5.69 Å². The van der Waals surface area contributed by atoms with Crippen LogP contribution < -0.4 is 4.74 Å². The Bertz CT molecular complexity index is 602. The smallest absolute Gasteiger partial charge is 0.354 e. The van der Waals surface area contributed by atoms with Gasteiger partial charge < -0.3 is 9.84 Å². The lowest BCUT2D eigenvalue weighted by Crippen LogP contribution is -2.01. The van der Waals surface area contributed by atoms with E-state index in [1.165, 1.54) is 6.07 Å². The fraction of sp³-hybridized carbons (Fsp3) is 0.0833. The summed E-state index contributed by atoms with van der Waals surface area (Å²) in [7, 11) is 0. The van der Waals surface area contributed by atoms with Crippen molar-refractivity contribution in [3.05, 3.63) is 46.9 Å². The number of nitrogens with zero attached hydrogens (tertiary/aromatic N) is 2. The van der Waals surface area contributed by atoms with Crippen molar-refractivity contribution in [3.63, 3.8) is 0 Å². The standard InChI is InChI=1S/C12H9ClN2O3/c1-7-4-8(2-3-9(7)13)18-11-5-10(12(16)17)14-6-15-11/h2-6H,1H3,(H,16,17). The van der Waals surface area contributed by atoms with Crippen LogP contribution >= 0.6 is 11.6 Å². The molecule has 0 bridgehead atoms. The molecule has 0 fully saturated rings. The zero-order chi connectivity index (χ0) is 13.1. The summed E-state index contributed by atoms with van der Waals surface area (Å²) in [4.78, 5) is 18.2. The molecule has 0 unspecified atom stereocenters. The first-order valence-electron chi connectivity index (χ1n) is 5.05. The molecule has 1 heterocycles. The van der Waals surface area contributed by atoms with Crippen LogP contribution in [0.1, 0.15) is 16.1 Å². The lowest BCUT2D eigenvalue weighted by molar-refractivity contribution is 0.0689. The number of carboxylic acids is 1. The van der Waals surface area contributed by atoms with Gasteiger partial charge in [-0.1, -0.05) is 11.6 Å². The van der Waals surface area contributed by atoms with E-state index in [1.807, 2.05) is 6.92 Å². The van der Waals surface area contributed by atoms with Crippen molar-refractivity contribution in [3.8, 4) is 11.6 Å². The van der Waals surface area contributed by atoms with E-state index in [0.29, 0.717) is 10.8 Å². The number of aryl methyl sites for hydroxylation is 1. The molecule has 0 spiro atoms. The number of aromatic nitrogens is 2. The molecule has 1 aromatic heterocycles. The minimum atomic E-state index is -1.13. The van der Waals surface area contributed by atoms with E-state index in [9.17, 15) is 4.79 Å². The molecule has 0 radical (unpaired) electrons. The fourth-order valence-corrected chi connectivity index (χ4v) is 1.43. The van der Waals surface area contributed by atoms with Crippen LogP contribution in [0.4, 0.5) is 0 Å². The first-order chi connectivity index (χ1) is 8.56. The SMILES string of the molecule is Cc1cc(Oc2cc(C(=O)O)ncn2)ccc1Cl. The van der Waals surface area contributed by atoms with Gasteiger partial charge >= 0.3 is 5.97 Å². The second-order valence-corrected chi connectivity index (χ2v) is 3.97. The molecule has 1 N–H and O–H groups in total. The van der Waals surface area contributed by atoms with Crippen molar-refractivity contribution in [2.45, 2.75) is 6.92 Å². The second kappa shape index (κ2) is 5.01. The normalized spacial score (nSPS) is 10.1. The molecule has 5 nitrogen and oxygen atoms in total. The molecule has 2 rings (SSSR count). The highest BCUT2D eigenvalue weighted by atomic mass is 35.5. The van der Waals surface area contributed by atoms with E-state index in [4.69, 9.17) is 21.4 Å². The van der Waals surface area contributed by atoms with Gasteiger partial charge in [-0.3, -0.25) is 0 Å². The highest BCUT2D eigenvalue weighted by Crippen LogP contribution is 2.24. The van der Waals surface area contributed by atoms with E-state index < -0.39 is 5.97 Å². The number of benzene rings is 1. The van der Waals surface area contributed by atoms with Crippen LogP contribution in [0.3, 0.4) is 0 Å². The average molecular weight is 265 g/mol. The maximum Gasteiger partial charge on any atom is 0.354 e. The summed E-state index contributed by atoms with van der Waals surface area (Å²) in [6, 6.07) is 6.38. The Morgan fingerprint density at radius 2 is 2.11 bits per heavy atom. The summed E-state index contributed by atoms with van der Waals surface area (Å²) in [5.41, 5.74) is 0.743. The first-order valence-corrected chi connectivity index (χ1v) is 5.43. The monoisotopic (exact) mass is 264 g/mol. The third-order valence-electron chi connectivity index (χ3n) is 2.21. The van der Waals surface area contributed by atoms with Crippen molar-refractivity contribution < 1.29 is 14.6 Å². The number of ether oxygens (including phenoxy) is 1. The number of carbonyl (C=O) groups is 1. The molecule has 0 atom stereocenters. The van der Waals surface area contributed by atoms with Gasteiger partial charge in [-0.15, -0.1) is 0 Å². The van der Waals surface area contributed by atoms with Gasteiger partial charge in [-0.05, 0) is 30.7 Å². The Hall–Kier alpha value is -2.14. The predicted octanol–water partition coefficient (Wildman–Crippen LogP) is 2.93. The predicted molar refractivity (Wildman–Crippen MR) is 65.3 cm³/mol. The molecular weight excluding hydrogens is 256 g/mol. The highest BCUT2D eigenvalue weighted by molar-refractivity contribution is 6.31. The van der Waals surface area contributed by atoms with E-state index >= 15 is 0 Å². The largest absolute Gasteiger partial charge is 0.477 e. The maximum atomic E-state index is 10.7. The van der Waals surface area contributed by atoms with Crippen molar-refractivity contribution in [2.75, 3.05) is 0 Å². The molecular formula is C12H9ClN2O3. The molecule has 0 amide bonds. The van der Waals surface area contributed by atoms with Crippen molar-refractivity contribution in [1.82, 2.24) is 9.97 Å². The van der Waals surface area contributed by atoms with Crippen LogP contribution in [-0.2, 0) is 0 Å². The lowest BCUT2D eigenvalue weighted by atomic mass is 10.2. The minimum absolute atomic E-state index is 0.120. The molecule has 6 heteroatoms. The van der Waals surface area contributed by atoms with Gasteiger partial charge in [-0.2, -0.15) is 0 Å². The van der Waals surface area contributed by atoms with Gasteiger partial charge in [0.05, 0.1) is 0 Å². The third kappa shape index (κ3) is 2.75. The summed E-state index contributed by atoms with van der Waals surface area (Å²) < 4.78 is 5.43. The Kier molecular flexibility index (Phi) is 3.43. The van der Waals surface area contributed by atoms with Crippen LogP contribution in [-0.4, -0.2) is 21.0 Å². The molecule has 2 aromatic rings. The Morgan fingerprint density at radius 3 is 2.78 bits per heavy atom. The van der Waals surface area contributed by atoms with Crippen molar-refractivity contribution in [1.29, 1.82) is 0 Å². The topological polar surface area (TPSA) is 72.3 Å². The highest BCUT2D eigenvalue weighted by Gasteiger charge is 2.08. The molecule has 0 saturated carbocycles. The van der Waals surface area contributed by atoms with E-state index in [1.54, 1.807) is 18.2 Å². The number of rotatable bonds is 3. The summed E-state index contributed by atoms with van der Waals surface area (Å²) >= 11 is 5.89. The van der Waals surface area contributed by atoms with Gasteiger partial charge in [0, 0.05) is 11.1 Å². The van der Waals surface area contributed by atoms with E-state index in [-0.39, 0.29) is 11.6 Å². The number of halogens is 1. The van der Waals surface area contributed by atoms with Crippen LogP contribution in [0, 0.1) is 6.92 Å². The number of carboxylic acid groups (broad SMARTS) is 1. The molecule has 0 saturated heterocycles. The van der Waals surface area contributed by atoms with Gasteiger partial charge in [0.2, 0.25) is 5.88 Å². The zero-order valence-corrected chi connectivity index (χ0v) is 10.2. The average Bonchev–Trinajstić information content (AvgIpc) is 2.34. The number of hydrogen-bond donors (Lipinski definition) is 1. The van der Waals surface area contributed by atoms with Gasteiger partial charge in [0.1, 0.15) is 12.1 Å². The van der Waals surface area contributed by atoms with Crippen LogP contribution in [0.5, 0.6) is 11.6 Å². The molecule has 92 valence electrons. The fourth-order valence-electron chi connectivity index (χ4n) is 1.31. The second-order valence-electron chi connectivity index (χ2n) is 3.56. The third-order valence-corrected chi connectivity index (χ3v) is 2.64. The summed E-state index contributed by atoms with van der Waals surface area (Å²) in [6.07, 6.45) is 1.14. The molecule has 0 aliphatic heterocycles. The quantitative estimate of drug-likeness (QED) is 0.923. The minimum Gasteiger partial charge on any atom is -0.477 e. The molecule has 1 aromatic carbocycles. The Morgan fingerprint density at radius 1 is 1.33 bits per heavy atom. The Balaban J connectivity index is 2.25. The molecule has 0 aliphatic rings. The lowest BCUT2D eigenvalue weighted by Gasteiger charge is -2.06. The van der Waals surface area contributed by atoms with Gasteiger partial charge in [0.25, 0.3) is 0 Å². The Labute approximate surface area is 108 Å². The summed E-state index contributed by atoms with van der Waals surface area (Å²) in [6.45, 7) is 1.85.